The molecule has 0 amide bonds. The van der Waals surface area contributed by atoms with Gasteiger partial charge < -0.3 is 10.2 Å². The Morgan fingerprint density at radius 3 is 2.33 bits per heavy atom. The summed E-state index contributed by atoms with van der Waals surface area (Å²) in [6.45, 7) is 0. The van der Waals surface area contributed by atoms with Crippen LogP contribution in [-0.2, 0) is 0 Å². The first kappa shape index (κ1) is 7.91. The second-order valence-corrected chi connectivity index (χ2v) is 1.21. The Kier molecular flexibility index (Phi) is 4.44. The Morgan fingerprint density at radius 2 is 2.11 bits per heavy atom. The Morgan fingerprint density at radius 1 is 1.44 bits per heavy atom. The molecule has 0 bridgehead atoms. The van der Waals surface area contributed by atoms with Crippen LogP contribution in [0, 0.1) is 0 Å². The van der Waals surface area contributed by atoms with Gasteiger partial charge in [0.15, 0.2) is 0 Å². The molecular formula is C6H9NO2. The molecule has 1 aromatic rings. The van der Waals surface area contributed by atoms with E-state index >= 15 is 0 Å². The maximum atomic E-state index is 8.57. The maximum Gasteiger partial charge on any atom is 0.133 e. The number of aliphatic hydroxyl groups excluding tert-OH is 1. The Bertz CT molecular complexity index is 141. The SMILES string of the molecule is CO.Oc1cccnc1. The van der Waals surface area contributed by atoms with Gasteiger partial charge in [0.05, 0.1) is 6.20 Å². The van der Waals surface area contributed by atoms with Gasteiger partial charge in [-0.1, -0.05) is 0 Å². The zero-order valence-electron chi connectivity index (χ0n) is 5.15. The summed E-state index contributed by atoms with van der Waals surface area (Å²) in [5.41, 5.74) is 0. The zero-order chi connectivity index (χ0) is 7.11. The lowest BCUT2D eigenvalue weighted by molar-refractivity contribution is 0.399. The van der Waals surface area contributed by atoms with E-state index in [2.05, 4.69) is 4.98 Å². The molecule has 3 nitrogen and oxygen atoms in total. The van der Waals surface area contributed by atoms with Crippen LogP contribution in [0.5, 0.6) is 5.75 Å². The predicted molar refractivity (Wildman–Crippen MR) is 34.0 cm³/mol. The molecule has 0 saturated carbocycles. The third kappa shape index (κ3) is 3.49. The Hall–Kier alpha value is -1.09. The van der Waals surface area contributed by atoms with E-state index in [9.17, 15) is 0 Å². The first-order chi connectivity index (χ1) is 4.39. The number of nitrogens with zero attached hydrogens (tertiary/aromatic N) is 1. The topological polar surface area (TPSA) is 53.4 Å². The van der Waals surface area contributed by atoms with Crippen LogP contribution in [-0.4, -0.2) is 22.3 Å². The van der Waals surface area contributed by atoms with Gasteiger partial charge in [-0.3, -0.25) is 4.98 Å². The fourth-order valence-corrected chi connectivity index (χ4v) is 0.354. The highest BCUT2D eigenvalue weighted by Gasteiger charge is 1.76. The van der Waals surface area contributed by atoms with Crippen molar-refractivity contribution in [3.63, 3.8) is 0 Å². The van der Waals surface area contributed by atoms with Gasteiger partial charge in [0.2, 0.25) is 0 Å². The summed E-state index contributed by atoms with van der Waals surface area (Å²) >= 11 is 0. The lowest BCUT2D eigenvalue weighted by Crippen LogP contribution is -1.64. The van der Waals surface area contributed by atoms with Gasteiger partial charge in [0.1, 0.15) is 5.75 Å². The summed E-state index contributed by atoms with van der Waals surface area (Å²) in [6, 6.07) is 3.25. The quantitative estimate of drug-likeness (QED) is 0.530. The molecule has 0 aliphatic heterocycles. The molecule has 0 atom stereocenters. The lowest BCUT2D eigenvalue weighted by atomic mass is 10.5. The first-order valence-corrected chi connectivity index (χ1v) is 2.43. The number of rotatable bonds is 0. The average Bonchev–Trinajstić information content (AvgIpc) is 1.94. The molecule has 0 spiro atoms. The smallest absolute Gasteiger partial charge is 0.133 e. The van der Waals surface area contributed by atoms with Gasteiger partial charge in [-0.25, -0.2) is 0 Å². The number of pyridine rings is 1. The van der Waals surface area contributed by atoms with E-state index < -0.39 is 0 Å². The third-order valence-corrected chi connectivity index (χ3v) is 0.646. The summed E-state index contributed by atoms with van der Waals surface area (Å²) in [5, 5.41) is 15.6. The third-order valence-electron chi connectivity index (χ3n) is 0.646. The molecule has 1 rings (SSSR count). The molecule has 0 radical (unpaired) electrons. The highest BCUT2D eigenvalue weighted by Crippen LogP contribution is 1.99. The second kappa shape index (κ2) is 5.05. The molecule has 9 heavy (non-hydrogen) atoms. The van der Waals surface area contributed by atoms with Crippen LogP contribution in [0.3, 0.4) is 0 Å². The summed E-state index contributed by atoms with van der Waals surface area (Å²) in [6.07, 6.45) is 3.00. The van der Waals surface area contributed by atoms with Crippen molar-refractivity contribution in [1.82, 2.24) is 4.98 Å². The number of hydrogen-bond donors (Lipinski definition) is 2. The van der Waals surface area contributed by atoms with E-state index in [1.165, 1.54) is 6.20 Å². The van der Waals surface area contributed by atoms with Crippen LogP contribution in [0.4, 0.5) is 0 Å². The zero-order valence-corrected chi connectivity index (χ0v) is 5.15. The summed E-state index contributed by atoms with van der Waals surface area (Å²) in [4.78, 5) is 3.63. The predicted octanol–water partition coefficient (Wildman–Crippen LogP) is 0.396. The van der Waals surface area contributed by atoms with Gasteiger partial charge in [-0.15, -0.1) is 0 Å². The monoisotopic (exact) mass is 127 g/mol. The highest BCUT2D eigenvalue weighted by molar-refractivity contribution is 5.12. The van der Waals surface area contributed by atoms with Crippen LogP contribution >= 0.6 is 0 Å². The molecular weight excluding hydrogens is 118 g/mol. The van der Waals surface area contributed by atoms with E-state index in [-0.39, 0.29) is 5.75 Å². The molecule has 0 fully saturated rings. The average molecular weight is 127 g/mol. The number of hydrogen-bond acceptors (Lipinski definition) is 3. The molecule has 3 heteroatoms. The van der Waals surface area contributed by atoms with Crippen molar-refractivity contribution in [3.05, 3.63) is 24.5 Å². The Balaban J connectivity index is 0.000000291. The summed E-state index contributed by atoms with van der Waals surface area (Å²) in [7, 11) is 1.00. The fourth-order valence-electron chi connectivity index (χ4n) is 0.354. The highest BCUT2D eigenvalue weighted by atomic mass is 16.3. The molecule has 1 aromatic heterocycles. The van der Waals surface area contributed by atoms with Gasteiger partial charge in [-0.05, 0) is 12.1 Å². The standard InChI is InChI=1S/C5H5NO.CH4O/c7-5-2-1-3-6-4-5;1-2/h1-4,7H;2H,1H3. The minimum absolute atomic E-state index is 0.211. The number of aliphatic hydroxyl groups is 1. The van der Waals surface area contributed by atoms with E-state index in [0.717, 1.165) is 7.11 Å². The van der Waals surface area contributed by atoms with Crippen molar-refractivity contribution in [3.8, 4) is 5.75 Å². The maximum absolute atomic E-state index is 8.57. The van der Waals surface area contributed by atoms with Crippen LogP contribution < -0.4 is 0 Å². The van der Waals surface area contributed by atoms with Crippen molar-refractivity contribution in [1.29, 1.82) is 0 Å². The van der Waals surface area contributed by atoms with Crippen LogP contribution in [0.1, 0.15) is 0 Å². The van der Waals surface area contributed by atoms with Gasteiger partial charge in [-0.2, -0.15) is 0 Å². The molecule has 0 saturated heterocycles. The van der Waals surface area contributed by atoms with E-state index in [4.69, 9.17) is 10.2 Å². The molecule has 0 aliphatic carbocycles. The molecule has 0 aliphatic rings. The second-order valence-electron chi connectivity index (χ2n) is 1.21. The molecule has 0 aromatic carbocycles. The number of aromatic nitrogens is 1. The van der Waals surface area contributed by atoms with Gasteiger partial charge in [0, 0.05) is 13.3 Å². The minimum atomic E-state index is 0.211. The van der Waals surface area contributed by atoms with Crippen molar-refractivity contribution in [2.45, 2.75) is 0 Å². The first-order valence-electron chi connectivity index (χ1n) is 2.43. The van der Waals surface area contributed by atoms with Crippen LogP contribution in [0.2, 0.25) is 0 Å². The summed E-state index contributed by atoms with van der Waals surface area (Å²) in [5.74, 6) is 0.211. The van der Waals surface area contributed by atoms with E-state index in [0.29, 0.717) is 0 Å². The summed E-state index contributed by atoms with van der Waals surface area (Å²) < 4.78 is 0. The largest absolute Gasteiger partial charge is 0.506 e. The van der Waals surface area contributed by atoms with Crippen molar-refractivity contribution < 1.29 is 10.2 Å². The van der Waals surface area contributed by atoms with Gasteiger partial charge in [0.25, 0.3) is 0 Å². The van der Waals surface area contributed by atoms with Crippen LogP contribution in [0.25, 0.3) is 0 Å². The Labute approximate surface area is 53.6 Å². The molecule has 0 unspecified atom stereocenters. The minimum Gasteiger partial charge on any atom is -0.506 e. The van der Waals surface area contributed by atoms with Gasteiger partial charge >= 0.3 is 0 Å². The fraction of sp³-hybridized carbons (Fsp3) is 0.167. The van der Waals surface area contributed by atoms with E-state index in [1.54, 1.807) is 18.3 Å². The van der Waals surface area contributed by atoms with E-state index in [1.807, 2.05) is 0 Å². The number of aromatic hydroxyl groups is 1. The molecule has 1 heterocycles. The van der Waals surface area contributed by atoms with Crippen LogP contribution in [0.15, 0.2) is 24.5 Å². The van der Waals surface area contributed by atoms with Crippen molar-refractivity contribution in [2.75, 3.05) is 7.11 Å². The normalized spacial score (nSPS) is 7.33. The molecule has 50 valence electrons. The lowest BCUT2D eigenvalue weighted by Gasteiger charge is -1.81. The van der Waals surface area contributed by atoms with Crippen molar-refractivity contribution in [2.24, 2.45) is 0 Å². The van der Waals surface area contributed by atoms with Crippen molar-refractivity contribution >= 4 is 0 Å². The molecule has 2 N–H and O–H groups in total.